The second-order valence-corrected chi connectivity index (χ2v) is 9.07. The predicted molar refractivity (Wildman–Crippen MR) is 89.8 cm³/mol. The second-order valence-electron chi connectivity index (χ2n) is 8.69. The van der Waals surface area contributed by atoms with E-state index in [-0.39, 0.29) is 33.9 Å². The summed E-state index contributed by atoms with van der Waals surface area (Å²) >= 11 is 5.93. The van der Waals surface area contributed by atoms with E-state index in [0.29, 0.717) is 17.8 Å². The van der Waals surface area contributed by atoms with E-state index in [4.69, 9.17) is 11.6 Å². The van der Waals surface area contributed by atoms with Crippen molar-refractivity contribution in [2.75, 3.05) is 0 Å². The van der Waals surface area contributed by atoms with Gasteiger partial charge in [0.2, 0.25) is 11.1 Å². The van der Waals surface area contributed by atoms with Crippen molar-refractivity contribution in [1.82, 2.24) is 5.32 Å². The SMILES string of the molecule is C[C@]12C=CC(=O)N[C@@H]1CC[C@@H]1[C@@H]2CC[C@]2(C)C(C(=O)Cl)CC[C@@H]12. The number of nitrogens with one attached hydrogen (secondary N) is 1. The normalized spacial score (nSPS) is 51.4. The average molecular weight is 336 g/mol. The number of halogens is 1. The van der Waals surface area contributed by atoms with Crippen molar-refractivity contribution in [1.29, 1.82) is 0 Å². The van der Waals surface area contributed by atoms with Crippen LogP contribution in [0.3, 0.4) is 0 Å². The number of hydrogen-bond donors (Lipinski definition) is 1. The minimum Gasteiger partial charge on any atom is -0.349 e. The quantitative estimate of drug-likeness (QED) is 0.743. The molecule has 4 aliphatic rings. The molecule has 3 nitrogen and oxygen atoms in total. The van der Waals surface area contributed by atoms with E-state index in [1.165, 1.54) is 6.42 Å². The summed E-state index contributed by atoms with van der Waals surface area (Å²) in [7, 11) is 0. The van der Waals surface area contributed by atoms with Crippen molar-refractivity contribution in [3.8, 4) is 0 Å². The van der Waals surface area contributed by atoms with E-state index >= 15 is 0 Å². The summed E-state index contributed by atoms with van der Waals surface area (Å²) in [6.07, 6.45) is 10.5. The van der Waals surface area contributed by atoms with E-state index in [9.17, 15) is 9.59 Å². The van der Waals surface area contributed by atoms with Gasteiger partial charge in [0.25, 0.3) is 0 Å². The lowest BCUT2D eigenvalue weighted by molar-refractivity contribution is -0.126. The third kappa shape index (κ3) is 2.08. The highest BCUT2D eigenvalue weighted by molar-refractivity contribution is 6.64. The number of carbonyl (C=O) groups excluding carboxylic acids is 2. The highest BCUT2D eigenvalue weighted by atomic mass is 35.5. The molecule has 1 unspecified atom stereocenters. The predicted octanol–water partition coefficient (Wildman–Crippen LogP) is 3.67. The molecule has 4 rings (SSSR count). The molecule has 0 radical (unpaired) electrons. The Morgan fingerprint density at radius 2 is 1.96 bits per heavy atom. The number of rotatable bonds is 1. The molecule has 23 heavy (non-hydrogen) atoms. The maximum Gasteiger partial charge on any atom is 0.243 e. The summed E-state index contributed by atoms with van der Waals surface area (Å²) in [4.78, 5) is 23.6. The molecule has 0 saturated heterocycles. The molecule has 0 bridgehead atoms. The fourth-order valence-corrected chi connectivity index (χ4v) is 7.06. The molecule has 3 aliphatic carbocycles. The topological polar surface area (TPSA) is 46.2 Å². The van der Waals surface area contributed by atoms with Crippen molar-refractivity contribution in [2.24, 2.45) is 34.5 Å². The average Bonchev–Trinajstić information content (AvgIpc) is 2.85. The summed E-state index contributed by atoms with van der Waals surface area (Å²) in [5.41, 5.74) is 0.159. The Morgan fingerprint density at radius 1 is 1.17 bits per heavy atom. The van der Waals surface area contributed by atoms with E-state index in [1.54, 1.807) is 6.08 Å². The monoisotopic (exact) mass is 335 g/mol. The van der Waals surface area contributed by atoms with Crippen LogP contribution in [0, 0.1) is 34.5 Å². The first-order valence-electron chi connectivity index (χ1n) is 9.05. The van der Waals surface area contributed by atoms with Gasteiger partial charge in [-0.05, 0) is 79.4 Å². The molecule has 1 heterocycles. The summed E-state index contributed by atoms with van der Waals surface area (Å²) in [6, 6.07) is 0.275. The van der Waals surface area contributed by atoms with Gasteiger partial charge in [-0.1, -0.05) is 19.9 Å². The first-order chi connectivity index (χ1) is 10.9. The second kappa shape index (κ2) is 5.08. The Balaban J connectivity index is 1.66. The minimum atomic E-state index is -0.127. The van der Waals surface area contributed by atoms with E-state index in [0.717, 1.165) is 32.1 Å². The van der Waals surface area contributed by atoms with Crippen LogP contribution in [-0.2, 0) is 9.59 Å². The molecular formula is C19H26ClNO2. The molecule has 0 aromatic heterocycles. The lowest BCUT2D eigenvalue weighted by atomic mass is 9.48. The van der Waals surface area contributed by atoms with Crippen LogP contribution >= 0.6 is 11.6 Å². The number of fused-ring (bicyclic) bond motifs is 5. The van der Waals surface area contributed by atoms with Crippen LogP contribution in [0.4, 0.5) is 0 Å². The van der Waals surface area contributed by atoms with Gasteiger partial charge < -0.3 is 5.32 Å². The van der Waals surface area contributed by atoms with Crippen molar-refractivity contribution in [3.63, 3.8) is 0 Å². The third-order valence-corrected chi connectivity index (χ3v) is 8.22. The Morgan fingerprint density at radius 3 is 2.70 bits per heavy atom. The molecule has 7 atom stereocenters. The van der Waals surface area contributed by atoms with Gasteiger partial charge in [-0.2, -0.15) is 0 Å². The standard InChI is InChI=1S/C19H26ClNO2/c1-18-9-7-13-11(12(18)4-5-14(18)17(20)23)3-6-15-19(13,2)10-8-16(22)21-15/h8,10-15H,3-7,9H2,1-2H3,(H,21,22)/t11-,12-,13-,14?,15+,18-,19+/m0/s1. The summed E-state index contributed by atoms with van der Waals surface area (Å²) < 4.78 is 0. The van der Waals surface area contributed by atoms with Crippen molar-refractivity contribution < 1.29 is 9.59 Å². The Kier molecular flexibility index (Phi) is 3.46. The highest BCUT2D eigenvalue weighted by Gasteiger charge is 2.60. The molecule has 0 aromatic rings. The molecule has 1 amide bonds. The zero-order chi connectivity index (χ0) is 16.4. The van der Waals surface area contributed by atoms with Crippen LogP contribution in [0.1, 0.15) is 52.4 Å². The van der Waals surface area contributed by atoms with E-state index in [1.807, 2.05) is 0 Å². The van der Waals surface area contributed by atoms with Crippen LogP contribution in [-0.4, -0.2) is 17.2 Å². The van der Waals surface area contributed by atoms with Crippen LogP contribution in [0.25, 0.3) is 0 Å². The molecule has 1 aliphatic heterocycles. The lowest BCUT2D eigenvalue weighted by Gasteiger charge is -2.58. The van der Waals surface area contributed by atoms with Crippen LogP contribution in [0.15, 0.2) is 12.2 Å². The van der Waals surface area contributed by atoms with Crippen molar-refractivity contribution in [3.05, 3.63) is 12.2 Å². The van der Waals surface area contributed by atoms with Gasteiger partial charge in [-0.25, -0.2) is 0 Å². The first-order valence-corrected chi connectivity index (χ1v) is 9.43. The molecule has 3 saturated carbocycles. The number of amides is 1. The smallest absolute Gasteiger partial charge is 0.243 e. The van der Waals surface area contributed by atoms with Crippen molar-refractivity contribution >= 4 is 22.8 Å². The number of carbonyl (C=O) groups is 2. The highest BCUT2D eigenvalue weighted by Crippen LogP contribution is 2.65. The van der Waals surface area contributed by atoms with Gasteiger partial charge in [0, 0.05) is 17.4 Å². The summed E-state index contributed by atoms with van der Waals surface area (Å²) in [5.74, 6) is 1.98. The van der Waals surface area contributed by atoms with Gasteiger partial charge in [0.15, 0.2) is 0 Å². The van der Waals surface area contributed by atoms with Gasteiger partial charge in [0.05, 0.1) is 0 Å². The Hall–Kier alpha value is -0.830. The largest absolute Gasteiger partial charge is 0.349 e. The van der Waals surface area contributed by atoms with Gasteiger partial charge in [-0.15, -0.1) is 0 Å². The van der Waals surface area contributed by atoms with Gasteiger partial charge in [0.1, 0.15) is 0 Å². The molecule has 0 aromatic carbocycles. The maximum atomic E-state index is 11.9. The minimum absolute atomic E-state index is 0.0437. The molecule has 126 valence electrons. The molecular weight excluding hydrogens is 310 g/mol. The third-order valence-electron chi connectivity index (χ3n) is 7.96. The fraction of sp³-hybridized carbons (Fsp3) is 0.789. The van der Waals surface area contributed by atoms with E-state index < -0.39 is 0 Å². The zero-order valence-electron chi connectivity index (χ0n) is 14.0. The summed E-state index contributed by atoms with van der Waals surface area (Å²) in [6.45, 7) is 4.63. The lowest BCUT2D eigenvalue weighted by Crippen LogP contribution is -2.59. The van der Waals surface area contributed by atoms with Crippen LogP contribution in [0.2, 0.25) is 0 Å². The molecule has 4 heteroatoms. The van der Waals surface area contributed by atoms with Gasteiger partial charge >= 0.3 is 0 Å². The van der Waals surface area contributed by atoms with Gasteiger partial charge in [-0.3, -0.25) is 9.59 Å². The Bertz CT molecular complexity index is 588. The first kappa shape index (κ1) is 15.7. The number of hydrogen-bond acceptors (Lipinski definition) is 2. The maximum absolute atomic E-state index is 11.9. The molecule has 0 spiro atoms. The summed E-state index contributed by atoms with van der Waals surface area (Å²) in [5, 5.41) is 3.06. The fourth-order valence-electron chi connectivity index (χ4n) is 6.71. The Labute approximate surface area is 143 Å². The molecule has 1 N–H and O–H groups in total. The van der Waals surface area contributed by atoms with E-state index in [2.05, 4.69) is 25.2 Å². The van der Waals surface area contributed by atoms with Crippen LogP contribution < -0.4 is 5.32 Å². The van der Waals surface area contributed by atoms with Crippen molar-refractivity contribution in [2.45, 2.75) is 58.4 Å². The molecule has 3 fully saturated rings. The van der Waals surface area contributed by atoms with Crippen LogP contribution in [0.5, 0.6) is 0 Å². The zero-order valence-corrected chi connectivity index (χ0v) is 14.7.